The molecule has 0 bridgehead atoms. The number of anilines is 2. The van der Waals surface area contributed by atoms with Crippen molar-refractivity contribution in [3.63, 3.8) is 0 Å². The fourth-order valence-corrected chi connectivity index (χ4v) is 5.53. The number of para-hydroxylation sites is 1. The maximum absolute atomic E-state index is 10.5. The summed E-state index contributed by atoms with van der Waals surface area (Å²) in [5.41, 5.74) is 3.17. The van der Waals surface area contributed by atoms with Crippen molar-refractivity contribution in [2.24, 2.45) is 0 Å². The topological polar surface area (TPSA) is 126 Å². The summed E-state index contributed by atoms with van der Waals surface area (Å²) in [6, 6.07) is 8.29. The molecule has 4 atom stereocenters. The number of ether oxygens (including phenoxy) is 2. The zero-order valence-corrected chi connectivity index (χ0v) is 18.5. The molecule has 11 heteroatoms. The minimum atomic E-state index is -1.25. The van der Waals surface area contributed by atoms with Crippen molar-refractivity contribution < 1.29 is 24.8 Å². The van der Waals surface area contributed by atoms with Gasteiger partial charge in [-0.25, -0.2) is 4.98 Å². The Morgan fingerprint density at radius 2 is 1.91 bits per heavy atom. The summed E-state index contributed by atoms with van der Waals surface area (Å²) in [6.45, 7) is 1.72. The fraction of sp³-hybridized carbons (Fsp3) is 0.500. The second-order valence-corrected chi connectivity index (χ2v) is 9.20. The van der Waals surface area contributed by atoms with Crippen molar-refractivity contribution in [2.75, 3.05) is 31.3 Å². The third-order valence-corrected chi connectivity index (χ3v) is 7.27. The van der Waals surface area contributed by atoms with Crippen LogP contribution < -0.4 is 4.90 Å². The van der Waals surface area contributed by atoms with Gasteiger partial charge in [-0.15, -0.1) is 0 Å². The predicted molar refractivity (Wildman–Crippen MR) is 119 cm³/mol. The molecule has 0 aliphatic carbocycles. The monoisotopic (exact) mass is 473 g/mol. The van der Waals surface area contributed by atoms with Crippen LogP contribution in [-0.2, 0) is 14.9 Å². The van der Waals surface area contributed by atoms with Gasteiger partial charge in [-0.05, 0) is 36.1 Å². The number of aromatic nitrogens is 4. The van der Waals surface area contributed by atoms with E-state index in [0.29, 0.717) is 30.2 Å². The smallest absolute Gasteiger partial charge is 0.226 e. The van der Waals surface area contributed by atoms with E-state index in [1.807, 2.05) is 6.07 Å². The van der Waals surface area contributed by atoms with E-state index < -0.39 is 31.1 Å². The number of aliphatic hydroxyl groups is 3. The molecule has 2 saturated heterocycles. The normalized spacial score (nSPS) is 28.7. The second kappa shape index (κ2) is 7.86. The molecule has 0 saturated carbocycles. The third-order valence-electron chi connectivity index (χ3n) is 7.10. The van der Waals surface area contributed by atoms with E-state index in [4.69, 9.17) is 21.1 Å². The molecular weight excluding hydrogens is 450 g/mol. The summed E-state index contributed by atoms with van der Waals surface area (Å²) in [5.74, 6) is 0.575. The zero-order chi connectivity index (χ0) is 22.7. The Morgan fingerprint density at radius 3 is 2.67 bits per heavy atom. The zero-order valence-electron chi connectivity index (χ0n) is 17.7. The van der Waals surface area contributed by atoms with Gasteiger partial charge in [0.2, 0.25) is 5.28 Å². The number of aliphatic hydroxyl groups excluding tert-OH is 3. The van der Waals surface area contributed by atoms with Gasteiger partial charge >= 0.3 is 0 Å². The first kappa shape index (κ1) is 21.2. The number of hydrogen-bond acceptors (Lipinski definition) is 9. The summed E-state index contributed by atoms with van der Waals surface area (Å²) < 4.78 is 12.9. The number of hydrogen-bond donors (Lipinski definition) is 3. The number of fused-ring (bicyclic) bond motifs is 3. The molecule has 3 aromatic rings. The summed E-state index contributed by atoms with van der Waals surface area (Å²) >= 11 is 6.36. The number of rotatable bonds is 3. The quantitative estimate of drug-likeness (QED) is 0.482. The van der Waals surface area contributed by atoms with Crippen molar-refractivity contribution in [2.45, 2.75) is 42.8 Å². The first-order valence-corrected chi connectivity index (χ1v) is 11.4. The third kappa shape index (κ3) is 3.17. The van der Waals surface area contributed by atoms with Gasteiger partial charge in [0.05, 0.1) is 12.9 Å². The van der Waals surface area contributed by atoms with Crippen LogP contribution in [0.1, 0.15) is 24.6 Å². The van der Waals surface area contributed by atoms with Crippen LogP contribution in [0.3, 0.4) is 0 Å². The standard InChI is InChI=1S/C22H24ClN5O5/c23-21-25-18(27-10-22(5-7-32-8-6-22)12-3-1-2-4-13(12)27)15-19(26-21)28(11-24-15)20-17(31)16(30)14(9-29)33-20/h1-4,11,14,16-17,20,29-31H,5-10H2/t14-,16?,17+,20-/m1/s1. The van der Waals surface area contributed by atoms with E-state index in [0.717, 1.165) is 25.1 Å². The molecule has 2 aromatic heterocycles. The summed E-state index contributed by atoms with van der Waals surface area (Å²) in [7, 11) is 0. The van der Waals surface area contributed by atoms with Gasteiger partial charge in [-0.2, -0.15) is 9.97 Å². The number of imidazole rings is 1. The van der Waals surface area contributed by atoms with Gasteiger partial charge in [-0.3, -0.25) is 4.57 Å². The van der Waals surface area contributed by atoms with Crippen LogP contribution in [0.5, 0.6) is 0 Å². The molecule has 3 aliphatic rings. The van der Waals surface area contributed by atoms with E-state index in [-0.39, 0.29) is 10.7 Å². The van der Waals surface area contributed by atoms with Crippen molar-refractivity contribution in [3.8, 4) is 0 Å². The van der Waals surface area contributed by atoms with Crippen LogP contribution in [0.2, 0.25) is 5.28 Å². The SMILES string of the molecule is OC[C@H]1O[C@@H](n2cnc3c(N4CC5(CCOCC5)c5ccccc54)nc(Cl)nc32)[C@@H](O)C1O. The van der Waals surface area contributed by atoms with Crippen LogP contribution in [0, 0.1) is 0 Å². The lowest BCUT2D eigenvalue weighted by molar-refractivity contribution is -0.0511. The van der Waals surface area contributed by atoms with E-state index in [1.54, 1.807) is 0 Å². The summed E-state index contributed by atoms with van der Waals surface area (Å²) in [5, 5.41) is 30.2. The molecule has 6 rings (SSSR count). The molecule has 5 heterocycles. The van der Waals surface area contributed by atoms with Gasteiger partial charge in [-0.1, -0.05) is 18.2 Å². The van der Waals surface area contributed by atoms with Crippen LogP contribution >= 0.6 is 11.6 Å². The van der Waals surface area contributed by atoms with Gasteiger partial charge in [0, 0.05) is 30.9 Å². The van der Waals surface area contributed by atoms with Gasteiger partial charge in [0.1, 0.15) is 18.3 Å². The van der Waals surface area contributed by atoms with Crippen molar-refractivity contribution in [3.05, 3.63) is 41.4 Å². The molecule has 0 radical (unpaired) electrons. The Balaban J connectivity index is 1.46. The van der Waals surface area contributed by atoms with Gasteiger partial charge in [0.15, 0.2) is 23.2 Å². The molecule has 33 heavy (non-hydrogen) atoms. The lowest BCUT2D eigenvalue weighted by Gasteiger charge is -2.34. The maximum Gasteiger partial charge on any atom is 0.226 e. The minimum absolute atomic E-state index is 0.0373. The Bertz CT molecular complexity index is 1200. The molecule has 1 unspecified atom stereocenters. The van der Waals surface area contributed by atoms with E-state index >= 15 is 0 Å². The largest absolute Gasteiger partial charge is 0.394 e. The highest BCUT2D eigenvalue weighted by Gasteiger charge is 2.46. The van der Waals surface area contributed by atoms with Crippen LogP contribution in [-0.4, -0.2) is 79.5 Å². The number of benzene rings is 1. The van der Waals surface area contributed by atoms with E-state index in [2.05, 4.69) is 38.1 Å². The highest BCUT2D eigenvalue weighted by Crippen LogP contribution is 2.50. The predicted octanol–water partition coefficient (Wildman–Crippen LogP) is 1.29. The molecule has 10 nitrogen and oxygen atoms in total. The van der Waals surface area contributed by atoms with Crippen LogP contribution in [0.15, 0.2) is 30.6 Å². The Labute approximate surface area is 194 Å². The van der Waals surface area contributed by atoms with Crippen molar-refractivity contribution >= 4 is 34.3 Å². The molecule has 1 spiro atoms. The molecular formula is C22H24ClN5O5. The number of halogens is 1. The molecule has 0 amide bonds. The molecule has 3 N–H and O–H groups in total. The molecule has 1 aromatic carbocycles. The second-order valence-electron chi connectivity index (χ2n) is 8.87. The van der Waals surface area contributed by atoms with E-state index in [9.17, 15) is 15.3 Å². The first-order chi connectivity index (χ1) is 16.0. The average molecular weight is 474 g/mol. The lowest BCUT2D eigenvalue weighted by atomic mass is 9.76. The molecule has 2 fully saturated rings. The highest BCUT2D eigenvalue weighted by molar-refractivity contribution is 6.28. The lowest BCUT2D eigenvalue weighted by Crippen LogP contribution is -2.37. The van der Waals surface area contributed by atoms with Gasteiger partial charge < -0.3 is 29.7 Å². The fourth-order valence-electron chi connectivity index (χ4n) is 5.37. The van der Waals surface area contributed by atoms with Crippen molar-refractivity contribution in [1.82, 2.24) is 19.5 Å². The summed E-state index contributed by atoms with van der Waals surface area (Å²) in [6.07, 6.45) is -1.03. The van der Waals surface area contributed by atoms with Gasteiger partial charge in [0.25, 0.3) is 0 Å². The van der Waals surface area contributed by atoms with Crippen LogP contribution in [0.25, 0.3) is 11.2 Å². The van der Waals surface area contributed by atoms with Crippen molar-refractivity contribution in [1.29, 1.82) is 0 Å². The molecule has 3 aliphatic heterocycles. The first-order valence-electron chi connectivity index (χ1n) is 11.0. The molecule has 174 valence electrons. The summed E-state index contributed by atoms with van der Waals surface area (Å²) in [4.78, 5) is 15.6. The maximum atomic E-state index is 10.5. The Kier molecular flexibility index (Phi) is 5.05. The Hall–Kier alpha value is -2.34. The Morgan fingerprint density at radius 1 is 1.12 bits per heavy atom. The van der Waals surface area contributed by atoms with Crippen LogP contribution in [0.4, 0.5) is 11.5 Å². The average Bonchev–Trinajstić information content (AvgIpc) is 3.47. The number of nitrogens with zero attached hydrogens (tertiary/aromatic N) is 5. The van der Waals surface area contributed by atoms with E-state index in [1.165, 1.54) is 16.5 Å². The minimum Gasteiger partial charge on any atom is -0.394 e. The highest BCUT2D eigenvalue weighted by atomic mass is 35.5.